The van der Waals surface area contributed by atoms with E-state index in [0.29, 0.717) is 11.3 Å². The molecule has 0 unspecified atom stereocenters. The first-order chi connectivity index (χ1) is 6.77. The maximum absolute atomic E-state index is 13.6. The predicted molar refractivity (Wildman–Crippen MR) is 47.0 cm³/mol. The van der Waals surface area contributed by atoms with Crippen LogP contribution in [0.2, 0.25) is 0 Å². The van der Waals surface area contributed by atoms with Crippen LogP contribution in [0.15, 0.2) is 6.07 Å². The number of fused-ring (bicyclic) bond motifs is 1. The van der Waals surface area contributed by atoms with Crippen molar-refractivity contribution >= 4 is 0 Å². The maximum atomic E-state index is 13.6. The molecule has 0 radical (unpaired) electrons. The van der Waals surface area contributed by atoms with Gasteiger partial charge in [0.2, 0.25) is 18.4 Å². The molecule has 14 heavy (non-hydrogen) atoms. The van der Waals surface area contributed by atoms with Gasteiger partial charge in [-0.1, -0.05) is 0 Å². The van der Waals surface area contributed by atoms with Crippen molar-refractivity contribution in [2.24, 2.45) is 5.73 Å². The first-order valence-electron chi connectivity index (χ1n) is 4.13. The summed E-state index contributed by atoms with van der Waals surface area (Å²) in [5.74, 6) is 0.0440. The van der Waals surface area contributed by atoms with E-state index >= 15 is 0 Å². The van der Waals surface area contributed by atoms with Crippen molar-refractivity contribution in [1.82, 2.24) is 0 Å². The number of methoxy groups -OCH3 is 1. The summed E-state index contributed by atoms with van der Waals surface area (Å²) in [4.78, 5) is 0. The molecule has 1 aliphatic heterocycles. The van der Waals surface area contributed by atoms with Gasteiger partial charge in [0.25, 0.3) is 0 Å². The van der Waals surface area contributed by atoms with Gasteiger partial charge in [0, 0.05) is 12.1 Å². The minimum absolute atomic E-state index is 0.0312. The fourth-order valence-electron chi connectivity index (χ4n) is 1.41. The van der Waals surface area contributed by atoms with Gasteiger partial charge in [-0.05, 0) is 6.07 Å². The largest absolute Gasteiger partial charge is 0.493 e. The molecule has 2 N–H and O–H groups in total. The molecular weight excluding hydrogens is 189 g/mol. The van der Waals surface area contributed by atoms with Gasteiger partial charge in [-0.3, -0.25) is 0 Å². The molecule has 0 fully saturated rings. The van der Waals surface area contributed by atoms with Crippen molar-refractivity contribution in [3.8, 4) is 17.2 Å². The second kappa shape index (κ2) is 3.34. The lowest BCUT2D eigenvalue weighted by Crippen LogP contribution is -2.02. The molecule has 0 amide bonds. The molecule has 76 valence electrons. The molecule has 4 nitrogen and oxygen atoms in total. The number of hydrogen-bond acceptors (Lipinski definition) is 4. The van der Waals surface area contributed by atoms with E-state index in [0.717, 1.165) is 0 Å². The highest BCUT2D eigenvalue weighted by atomic mass is 19.1. The van der Waals surface area contributed by atoms with Crippen molar-refractivity contribution in [1.29, 1.82) is 0 Å². The van der Waals surface area contributed by atoms with Crippen LogP contribution >= 0.6 is 0 Å². The Balaban J connectivity index is 2.60. The van der Waals surface area contributed by atoms with Gasteiger partial charge in [-0.2, -0.15) is 4.39 Å². The van der Waals surface area contributed by atoms with E-state index in [1.165, 1.54) is 7.11 Å². The van der Waals surface area contributed by atoms with E-state index in [9.17, 15) is 4.39 Å². The van der Waals surface area contributed by atoms with Crippen LogP contribution in [0, 0.1) is 5.82 Å². The Kier molecular flexibility index (Phi) is 2.17. The van der Waals surface area contributed by atoms with Gasteiger partial charge >= 0.3 is 0 Å². The van der Waals surface area contributed by atoms with E-state index < -0.39 is 5.82 Å². The highest BCUT2D eigenvalue weighted by molar-refractivity contribution is 5.53. The van der Waals surface area contributed by atoms with Gasteiger partial charge in [0.05, 0.1) is 7.11 Å². The average molecular weight is 199 g/mol. The Morgan fingerprint density at radius 1 is 1.57 bits per heavy atom. The molecule has 1 heterocycles. The molecule has 2 rings (SSSR count). The van der Waals surface area contributed by atoms with E-state index in [-0.39, 0.29) is 24.8 Å². The van der Waals surface area contributed by atoms with E-state index in [4.69, 9.17) is 19.9 Å². The number of halogens is 1. The smallest absolute Gasteiger partial charge is 0.231 e. The zero-order valence-electron chi connectivity index (χ0n) is 7.67. The molecule has 0 atom stereocenters. The summed E-state index contributed by atoms with van der Waals surface area (Å²) in [5, 5.41) is 0. The minimum Gasteiger partial charge on any atom is -0.493 e. The lowest BCUT2D eigenvalue weighted by atomic mass is 10.1. The first kappa shape index (κ1) is 9.08. The second-order valence-electron chi connectivity index (χ2n) is 2.82. The van der Waals surface area contributed by atoms with Crippen molar-refractivity contribution < 1.29 is 18.6 Å². The van der Waals surface area contributed by atoms with Crippen LogP contribution in [0.3, 0.4) is 0 Å². The highest BCUT2D eigenvalue weighted by Gasteiger charge is 2.24. The summed E-state index contributed by atoms with van der Waals surface area (Å²) in [6, 6.07) is 1.63. The summed E-state index contributed by atoms with van der Waals surface area (Å²) in [7, 11) is 1.39. The third-order valence-electron chi connectivity index (χ3n) is 2.06. The SMILES string of the molecule is COc1c(CN)cc2c(c1F)OCO2. The normalized spacial score (nSPS) is 13.1. The molecule has 1 aromatic rings. The molecule has 0 spiro atoms. The van der Waals surface area contributed by atoms with Crippen molar-refractivity contribution in [2.75, 3.05) is 13.9 Å². The zero-order valence-corrected chi connectivity index (χ0v) is 7.67. The second-order valence-corrected chi connectivity index (χ2v) is 2.82. The number of hydrogen-bond donors (Lipinski definition) is 1. The zero-order chi connectivity index (χ0) is 10.1. The standard InChI is InChI=1S/C9H10FNO3/c1-12-8-5(3-11)2-6-9(7(8)10)14-4-13-6/h2H,3-4,11H2,1H3. The van der Waals surface area contributed by atoms with E-state index in [2.05, 4.69) is 0 Å². The molecular formula is C9H10FNO3. The maximum Gasteiger partial charge on any atom is 0.231 e. The van der Waals surface area contributed by atoms with Gasteiger partial charge in [-0.15, -0.1) is 0 Å². The molecule has 0 aromatic heterocycles. The summed E-state index contributed by atoms with van der Waals surface area (Å²) in [6.07, 6.45) is 0. The number of rotatable bonds is 2. The van der Waals surface area contributed by atoms with Crippen LogP contribution < -0.4 is 19.9 Å². The van der Waals surface area contributed by atoms with Crippen molar-refractivity contribution in [2.45, 2.75) is 6.54 Å². The third kappa shape index (κ3) is 1.17. The Morgan fingerprint density at radius 2 is 2.36 bits per heavy atom. The van der Waals surface area contributed by atoms with Gasteiger partial charge in [-0.25, -0.2) is 0 Å². The van der Waals surface area contributed by atoms with Crippen LogP contribution in [-0.2, 0) is 6.54 Å². The quantitative estimate of drug-likeness (QED) is 0.772. The lowest BCUT2D eigenvalue weighted by Gasteiger charge is -2.09. The molecule has 5 heteroatoms. The summed E-state index contributed by atoms with van der Waals surface area (Å²) < 4.78 is 28.5. The summed E-state index contributed by atoms with van der Waals surface area (Å²) in [5.41, 5.74) is 6.01. The predicted octanol–water partition coefficient (Wildman–Crippen LogP) is 1.02. The highest BCUT2D eigenvalue weighted by Crippen LogP contribution is 2.41. The third-order valence-corrected chi connectivity index (χ3v) is 2.06. The fourth-order valence-corrected chi connectivity index (χ4v) is 1.41. The minimum atomic E-state index is -0.553. The number of benzene rings is 1. The Bertz CT molecular complexity index is 368. The Morgan fingerprint density at radius 3 is 3.00 bits per heavy atom. The molecule has 0 saturated heterocycles. The number of ether oxygens (including phenoxy) is 3. The lowest BCUT2D eigenvalue weighted by molar-refractivity contribution is 0.170. The van der Waals surface area contributed by atoms with Crippen LogP contribution in [0.1, 0.15) is 5.56 Å². The average Bonchev–Trinajstić information content (AvgIpc) is 2.65. The molecule has 1 aliphatic rings. The summed E-state index contributed by atoms with van der Waals surface area (Å²) in [6.45, 7) is 0.222. The molecule has 0 aliphatic carbocycles. The van der Waals surface area contributed by atoms with Crippen LogP contribution in [-0.4, -0.2) is 13.9 Å². The van der Waals surface area contributed by atoms with Crippen LogP contribution in [0.4, 0.5) is 4.39 Å². The summed E-state index contributed by atoms with van der Waals surface area (Å²) >= 11 is 0. The van der Waals surface area contributed by atoms with Gasteiger partial charge in [0.1, 0.15) is 0 Å². The van der Waals surface area contributed by atoms with E-state index in [1.54, 1.807) is 6.07 Å². The van der Waals surface area contributed by atoms with E-state index in [1.807, 2.05) is 0 Å². The monoisotopic (exact) mass is 199 g/mol. The molecule has 0 bridgehead atoms. The van der Waals surface area contributed by atoms with Crippen molar-refractivity contribution in [3.63, 3.8) is 0 Å². The van der Waals surface area contributed by atoms with Gasteiger partial charge in [0.15, 0.2) is 11.5 Å². The van der Waals surface area contributed by atoms with Crippen LogP contribution in [0.25, 0.3) is 0 Å². The fraction of sp³-hybridized carbons (Fsp3) is 0.333. The Hall–Kier alpha value is -1.49. The van der Waals surface area contributed by atoms with Gasteiger partial charge < -0.3 is 19.9 Å². The van der Waals surface area contributed by atoms with Crippen molar-refractivity contribution in [3.05, 3.63) is 17.4 Å². The van der Waals surface area contributed by atoms with Crippen LogP contribution in [0.5, 0.6) is 17.2 Å². The topological polar surface area (TPSA) is 53.7 Å². The Labute approximate surface area is 80.4 Å². The molecule has 1 aromatic carbocycles. The molecule has 0 saturated carbocycles. The number of nitrogens with two attached hydrogens (primary N) is 1. The first-order valence-corrected chi connectivity index (χ1v) is 4.13.